The zero-order valence-electron chi connectivity index (χ0n) is 33.2. The van der Waals surface area contributed by atoms with Crippen molar-refractivity contribution in [2.45, 2.75) is 117 Å². The Bertz CT molecular complexity index is 1240. The summed E-state index contributed by atoms with van der Waals surface area (Å²) in [5.41, 5.74) is 1.08. The Morgan fingerprint density at radius 3 is 2.19 bits per heavy atom. The van der Waals surface area contributed by atoms with Crippen LogP contribution in [0.3, 0.4) is 0 Å². The molecule has 0 saturated carbocycles. The SMILES string of the molecule is CCC(C)C(C(CC(=O)N1CCCC1C(OC)C(C)C(=O)NCCc1ccncc1)OC)N(C)C(=O)C(NC(=O)C(NCCON)C(C)C)C(C)C. The molecule has 0 bridgehead atoms. The molecule has 14 heteroatoms. The Balaban J connectivity index is 2.20. The van der Waals surface area contributed by atoms with Crippen LogP contribution in [0.4, 0.5) is 0 Å². The summed E-state index contributed by atoms with van der Waals surface area (Å²) in [6.45, 7) is 15.2. The van der Waals surface area contributed by atoms with Gasteiger partial charge in [0, 0.05) is 53.3 Å². The van der Waals surface area contributed by atoms with Gasteiger partial charge in [-0.05, 0) is 54.7 Å². The van der Waals surface area contributed by atoms with Gasteiger partial charge in [0.05, 0.1) is 49.3 Å². The molecular weight excluding hydrogens is 666 g/mol. The van der Waals surface area contributed by atoms with Gasteiger partial charge in [0.1, 0.15) is 6.04 Å². The van der Waals surface area contributed by atoms with Crippen LogP contribution in [0.1, 0.15) is 79.7 Å². The predicted molar refractivity (Wildman–Crippen MR) is 201 cm³/mol. The van der Waals surface area contributed by atoms with E-state index in [0.717, 1.165) is 18.4 Å². The van der Waals surface area contributed by atoms with E-state index in [9.17, 15) is 19.2 Å². The van der Waals surface area contributed by atoms with E-state index in [1.807, 2.05) is 65.5 Å². The molecule has 1 aromatic rings. The Morgan fingerprint density at radius 2 is 1.63 bits per heavy atom. The molecule has 5 N–H and O–H groups in total. The maximum atomic E-state index is 14.2. The first kappa shape index (κ1) is 45.0. The number of likely N-dealkylation sites (tertiary alicyclic amines) is 1. The average Bonchev–Trinajstić information content (AvgIpc) is 3.61. The van der Waals surface area contributed by atoms with Crippen LogP contribution in [0.25, 0.3) is 0 Å². The smallest absolute Gasteiger partial charge is 0.245 e. The van der Waals surface area contributed by atoms with Gasteiger partial charge in [-0.2, -0.15) is 0 Å². The van der Waals surface area contributed by atoms with E-state index in [0.29, 0.717) is 32.5 Å². The first-order valence-corrected chi connectivity index (χ1v) is 18.9. The number of methoxy groups -OCH3 is 2. The summed E-state index contributed by atoms with van der Waals surface area (Å²) in [6, 6.07) is 1.77. The fourth-order valence-corrected chi connectivity index (χ4v) is 7.23. The van der Waals surface area contributed by atoms with Gasteiger partial charge in [0.2, 0.25) is 23.6 Å². The Labute approximate surface area is 311 Å². The molecule has 0 radical (unpaired) electrons. The minimum Gasteiger partial charge on any atom is -0.379 e. The van der Waals surface area contributed by atoms with Crippen LogP contribution in [0.2, 0.25) is 0 Å². The molecule has 2 rings (SSSR count). The van der Waals surface area contributed by atoms with Crippen molar-refractivity contribution in [2.75, 3.05) is 47.5 Å². The minimum atomic E-state index is -0.797. The monoisotopic (exact) mass is 734 g/mol. The molecule has 52 heavy (non-hydrogen) atoms. The third kappa shape index (κ3) is 12.8. The summed E-state index contributed by atoms with van der Waals surface area (Å²) in [5.74, 6) is 3.63. The second-order valence-corrected chi connectivity index (χ2v) is 14.8. The molecule has 296 valence electrons. The lowest BCUT2D eigenvalue weighted by Crippen LogP contribution is -2.60. The second kappa shape index (κ2) is 22.8. The summed E-state index contributed by atoms with van der Waals surface area (Å²) in [7, 11) is 4.87. The fourth-order valence-electron chi connectivity index (χ4n) is 7.23. The van der Waals surface area contributed by atoms with Gasteiger partial charge in [-0.3, -0.25) is 24.2 Å². The zero-order valence-corrected chi connectivity index (χ0v) is 33.2. The normalized spacial score (nSPS) is 18.7. The van der Waals surface area contributed by atoms with Gasteiger partial charge < -0.3 is 40.1 Å². The van der Waals surface area contributed by atoms with Crippen LogP contribution in [-0.4, -0.2) is 122 Å². The van der Waals surface area contributed by atoms with Crippen LogP contribution in [0, 0.1) is 23.7 Å². The highest BCUT2D eigenvalue weighted by Crippen LogP contribution is 2.29. The van der Waals surface area contributed by atoms with Gasteiger partial charge >= 0.3 is 0 Å². The molecule has 1 saturated heterocycles. The van der Waals surface area contributed by atoms with E-state index < -0.39 is 36.3 Å². The molecule has 1 fully saturated rings. The number of likely N-dealkylation sites (N-methyl/N-ethyl adjacent to an activating group) is 1. The summed E-state index contributed by atoms with van der Waals surface area (Å²) in [4.78, 5) is 67.2. The third-order valence-electron chi connectivity index (χ3n) is 10.5. The number of pyridine rings is 1. The van der Waals surface area contributed by atoms with Gasteiger partial charge in [-0.15, -0.1) is 0 Å². The molecule has 0 spiro atoms. The van der Waals surface area contributed by atoms with E-state index in [4.69, 9.17) is 15.4 Å². The lowest BCUT2D eigenvalue weighted by molar-refractivity contribution is -0.147. The molecule has 2 heterocycles. The molecule has 1 aromatic heterocycles. The largest absolute Gasteiger partial charge is 0.379 e. The van der Waals surface area contributed by atoms with E-state index in [-0.39, 0.29) is 60.5 Å². The molecule has 1 aliphatic heterocycles. The molecule has 4 amide bonds. The number of nitrogens with one attached hydrogen (secondary N) is 3. The van der Waals surface area contributed by atoms with Crippen molar-refractivity contribution in [3.63, 3.8) is 0 Å². The molecule has 1 aliphatic rings. The van der Waals surface area contributed by atoms with Gasteiger partial charge in [-0.1, -0.05) is 54.9 Å². The number of nitrogens with zero attached hydrogens (tertiary/aromatic N) is 3. The fraction of sp³-hybridized carbons (Fsp3) is 0.763. The average molecular weight is 734 g/mol. The maximum absolute atomic E-state index is 14.2. The molecule has 8 atom stereocenters. The van der Waals surface area contributed by atoms with Crippen LogP contribution in [-0.2, 0) is 39.9 Å². The van der Waals surface area contributed by atoms with Crippen LogP contribution in [0.5, 0.6) is 0 Å². The second-order valence-electron chi connectivity index (χ2n) is 14.8. The molecule has 8 unspecified atom stereocenters. The van der Waals surface area contributed by atoms with Crippen molar-refractivity contribution in [2.24, 2.45) is 29.6 Å². The van der Waals surface area contributed by atoms with E-state index in [1.54, 1.807) is 38.6 Å². The summed E-state index contributed by atoms with van der Waals surface area (Å²) >= 11 is 0. The highest BCUT2D eigenvalue weighted by molar-refractivity contribution is 5.90. The first-order chi connectivity index (χ1) is 24.7. The van der Waals surface area contributed by atoms with Crippen molar-refractivity contribution >= 4 is 23.6 Å². The summed E-state index contributed by atoms with van der Waals surface area (Å²) < 4.78 is 11.9. The lowest BCUT2D eigenvalue weighted by atomic mass is 9.89. The number of hydrogen-bond acceptors (Lipinski definition) is 10. The number of hydrogen-bond donors (Lipinski definition) is 4. The number of nitrogens with two attached hydrogens (primary N) is 1. The summed E-state index contributed by atoms with van der Waals surface area (Å²) in [6.07, 6.45) is 5.33. The molecule has 0 aromatic carbocycles. The van der Waals surface area contributed by atoms with E-state index in [1.165, 1.54) is 0 Å². The Hall–Kier alpha value is -3.17. The molecule has 14 nitrogen and oxygen atoms in total. The van der Waals surface area contributed by atoms with E-state index >= 15 is 0 Å². The van der Waals surface area contributed by atoms with Crippen molar-refractivity contribution in [1.82, 2.24) is 30.7 Å². The predicted octanol–water partition coefficient (Wildman–Crippen LogP) is 2.31. The number of rotatable bonds is 23. The van der Waals surface area contributed by atoms with Gasteiger partial charge in [0.15, 0.2) is 0 Å². The summed E-state index contributed by atoms with van der Waals surface area (Å²) in [5, 5.41) is 9.18. The quantitative estimate of drug-likeness (QED) is 0.0965. The number of ether oxygens (including phenoxy) is 2. The Kier molecular flexibility index (Phi) is 19.7. The Morgan fingerprint density at radius 1 is 0.981 bits per heavy atom. The maximum Gasteiger partial charge on any atom is 0.245 e. The highest BCUT2D eigenvalue weighted by Gasteiger charge is 2.43. The van der Waals surface area contributed by atoms with Gasteiger partial charge in [0.25, 0.3) is 0 Å². The van der Waals surface area contributed by atoms with Gasteiger partial charge in [-0.25, -0.2) is 5.90 Å². The highest BCUT2D eigenvalue weighted by atomic mass is 16.6. The topological polar surface area (TPSA) is 177 Å². The van der Waals surface area contributed by atoms with Crippen LogP contribution >= 0.6 is 0 Å². The number of carbonyl (C=O) groups excluding carboxylic acids is 4. The molecular formula is C38H67N7O7. The molecule has 0 aliphatic carbocycles. The number of carbonyl (C=O) groups is 4. The zero-order chi connectivity index (χ0) is 39.0. The van der Waals surface area contributed by atoms with Crippen molar-refractivity contribution < 1.29 is 33.5 Å². The minimum absolute atomic E-state index is 0.0199. The lowest BCUT2D eigenvalue weighted by Gasteiger charge is -2.41. The van der Waals surface area contributed by atoms with Crippen molar-refractivity contribution in [1.29, 1.82) is 0 Å². The van der Waals surface area contributed by atoms with E-state index in [2.05, 4.69) is 25.8 Å². The van der Waals surface area contributed by atoms with Crippen LogP contribution < -0.4 is 21.8 Å². The third-order valence-corrected chi connectivity index (χ3v) is 10.5. The van der Waals surface area contributed by atoms with Crippen molar-refractivity contribution in [3.8, 4) is 0 Å². The van der Waals surface area contributed by atoms with Crippen molar-refractivity contribution in [3.05, 3.63) is 30.1 Å². The number of aromatic nitrogens is 1. The van der Waals surface area contributed by atoms with Crippen LogP contribution in [0.15, 0.2) is 24.5 Å². The number of amides is 4. The standard InChI is InChI=1S/C38H67N7O7/c1-11-26(6)34(44(8)38(49)33(25(4)5)43-37(48)32(24(2)3)41-20-22-52-39)30(50-9)23-31(46)45-21-12-13-29(45)35(51-10)27(7)36(47)42-19-16-28-14-17-40-18-15-28/h14-15,17-18,24-27,29-30,32-35,41H,11-13,16,19-23,39H2,1-10H3,(H,42,47)(H,43,48). The first-order valence-electron chi connectivity index (χ1n) is 18.9.